The molecule has 2 aliphatic rings. The van der Waals surface area contributed by atoms with Crippen LogP contribution in [-0.2, 0) is 16.1 Å². The monoisotopic (exact) mass is 401 g/mol. The number of morpholine rings is 1. The Bertz CT molecular complexity index is 885. The van der Waals surface area contributed by atoms with Gasteiger partial charge in [0.2, 0.25) is 0 Å². The van der Waals surface area contributed by atoms with Crippen LogP contribution in [0.1, 0.15) is 15.9 Å². The van der Waals surface area contributed by atoms with Crippen LogP contribution < -0.4 is 10.6 Å². The van der Waals surface area contributed by atoms with Crippen LogP contribution in [0.5, 0.6) is 0 Å². The summed E-state index contributed by atoms with van der Waals surface area (Å²) in [5.74, 6) is -0.640. The Balaban J connectivity index is 1.42. The van der Waals surface area contributed by atoms with Crippen LogP contribution in [-0.4, -0.2) is 48.4 Å². The normalized spacial score (nSPS) is 19.6. The second kappa shape index (κ2) is 8.30. The van der Waals surface area contributed by atoms with Gasteiger partial charge in [0, 0.05) is 30.1 Å². The van der Waals surface area contributed by atoms with E-state index >= 15 is 0 Å². The second-order valence-electron chi connectivity index (χ2n) is 6.63. The van der Waals surface area contributed by atoms with Crippen LogP contribution in [0.2, 0.25) is 0 Å². The van der Waals surface area contributed by atoms with Crippen molar-refractivity contribution in [1.29, 1.82) is 0 Å². The van der Waals surface area contributed by atoms with Crippen molar-refractivity contribution in [2.75, 3.05) is 31.6 Å². The van der Waals surface area contributed by atoms with Crippen molar-refractivity contribution in [3.63, 3.8) is 0 Å². The van der Waals surface area contributed by atoms with E-state index < -0.39 is 0 Å². The van der Waals surface area contributed by atoms with E-state index in [-0.39, 0.29) is 23.0 Å². The molecule has 0 aromatic heterocycles. The number of amides is 2. The fourth-order valence-corrected chi connectivity index (χ4v) is 4.33. The zero-order valence-electron chi connectivity index (χ0n) is 15.1. The van der Waals surface area contributed by atoms with Gasteiger partial charge in [0.05, 0.1) is 18.9 Å². The Morgan fingerprint density at radius 2 is 1.96 bits per heavy atom. The summed E-state index contributed by atoms with van der Waals surface area (Å²) < 4.78 is 18.3. The van der Waals surface area contributed by atoms with E-state index in [4.69, 9.17) is 4.74 Å². The third-order valence-electron chi connectivity index (χ3n) is 4.71. The Morgan fingerprint density at radius 1 is 1.21 bits per heavy atom. The fraction of sp³-hybridized carbons (Fsp3) is 0.300. The summed E-state index contributed by atoms with van der Waals surface area (Å²) >= 11 is 1.49. The molecule has 1 saturated heterocycles. The Labute approximate surface area is 166 Å². The van der Waals surface area contributed by atoms with Crippen molar-refractivity contribution in [3.8, 4) is 0 Å². The SMILES string of the molecule is O=C(NCc1ccc(F)cc1)c1ccc2c(c1)NC(=O)C(N1CCOCC1)S2. The lowest BCUT2D eigenvalue weighted by Crippen LogP contribution is -2.48. The molecule has 1 atom stereocenters. The summed E-state index contributed by atoms with van der Waals surface area (Å²) in [6, 6.07) is 11.3. The molecular weight excluding hydrogens is 381 g/mol. The molecule has 2 aromatic rings. The van der Waals surface area contributed by atoms with Crippen LogP contribution in [0.3, 0.4) is 0 Å². The number of rotatable bonds is 4. The number of carbonyl (C=O) groups is 2. The number of carbonyl (C=O) groups excluding carboxylic acids is 2. The highest BCUT2D eigenvalue weighted by Crippen LogP contribution is 2.37. The molecule has 0 spiro atoms. The molecule has 2 aliphatic heterocycles. The van der Waals surface area contributed by atoms with Gasteiger partial charge in [-0.15, -0.1) is 0 Å². The number of benzene rings is 2. The van der Waals surface area contributed by atoms with Crippen LogP contribution in [0.15, 0.2) is 47.4 Å². The van der Waals surface area contributed by atoms with E-state index in [1.165, 1.54) is 23.9 Å². The predicted molar refractivity (Wildman–Crippen MR) is 105 cm³/mol. The maximum Gasteiger partial charge on any atom is 0.252 e. The zero-order chi connectivity index (χ0) is 19.5. The van der Waals surface area contributed by atoms with Crippen LogP contribution in [0.4, 0.5) is 10.1 Å². The smallest absolute Gasteiger partial charge is 0.252 e. The number of ether oxygens (including phenoxy) is 1. The van der Waals surface area contributed by atoms with Crippen molar-refractivity contribution in [3.05, 3.63) is 59.4 Å². The standard InChI is InChI=1S/C20H20FN3O3S/c21-15-4-1-13(2-5-15)12-22-18(25)14-3-6-17-16(11-14)23-19(26)20(28-17)24-7-9-27-10-8-24/h1-6,11,20H,7-10,12H2,(H,22,25)(H,23,26). The molecule has 1 unspecified atom stereocenters. The molecule has 2 heterocycles. The maximum atomic E-state index is 13.0. The van der Waals surface area contributed by atoms with E-state index in [0.717, 1.165) is 23.5 Å². The predicted octanol–water partition coefficient (Wildman–Crippen LogP) is 2.46. The maximum absolute atomic E-state index is 13.0. The first-order valence-electron chi connectivity index (χ1n) is 9.06. The van der Waals surface area contributed by atoms with E-state index in [1.54, 1.807) is 24.3 Å². The lowest BCUT2D eigenvalue weighted by atomic mass is 10.1. The quantitative estimate of drug-likeness (QED) is 0.824. The molecule has 146 valence electrons. The largest absolute Gasteiger partial charge is 0.379 e. The highest BCUT2D eigenvalue weighted by molar-refractivity contribution is 8.00. The molecule has 2 N–H and O–H groups in total. The molecule has 6 nitrogen and oxygen atoms in total. The topological polar surface area (TPSA) is 70.7 Å². The first-order chi connectivity index (χ1) is 13.6. The number of anilines is 1. The fourth-order valence-electron chi connectivity index (χ4n) is 3.18. The Hall–Kier alpha value is -2.42. The van der Waals surface area contributed by atoms with Gasteiger partial charge in [-0.05, 0) is 35.9 Å². The molecule has 2 amide bonds. The average molecular weight is 401 g/mol. The van der Waals surface area contributed by atoms with E-state index in [9.17, 15) is 14.0 Å². The van der Waals surface area contributed by atoms with E-state index in [2.05, 4.69) is 15.5 Å². The van der Waals surface area contributed by atoms with Crippen molar-refractivity contribution in [2.45, 2.75) is 16.8 Å². The van der Waals surface area contributed by atoms with E-state index in [1.807, 2.05) is 6.07 Å². The summed E-state index contributed by atoms with van der Waals surface area (Å²) in [6.45, 7) is 3.01. The highest BCUT2D eigenvalue weighted by Gasteiger charge is 2.33. The third-order valence-corrected chi connectivity index (χ3v) is 6.05. The van der Waals surface area contributed by atoms with Crippen LogP contribution in [0, 0.1) is 5.82 Å². The molecule has 0 bridgehead atoms. The number of hydrogen-bond donors (Lipinski definition) is 2. The van der Waals surface area contributed by atoms with Gasteiger partial charge in [0.1, 0.15) is 11.2 Å². The van der Waals surface area contributed by atoms with Gasteiger partial charge in [-0.3, -0.25) is 14.5 Å². The van der Waals surface area contributed by atoms with Crippen LogP contribution >= 0.6 is 11.8 Å². The number of halogens is 1. The molecule has 0 radical (unpaired) electrons. The number of thioether (sulfide) groups is 1. The van der Waals surface area contributed by atoms with Crippen molar-refractivity contribution in [1.82, 2.24) is 10.2 Å². The molecule has 4 rings (SSSR count). The minimum absolute atomic E-state index is 0.0803. The van der Waals surface area contributed by atoms with E-state index in [0.29, 0.717) is 31.0 Å². The van der Waals surface area contributed by atoms with Gasteiger partial charge < -0.3 is 15.4 Å². The highest BCUT2D eigenvalue weighted by atomic mass is 32.2. The summed E-state index contributed by atoms with van der Waals surface area (Å²) in [6.07, 6.45) is 0. The lowest BCUT2D eigenvalue weighted by molar-refractivity contribution is -0.119. The number of nitrogens with one attached hydrogen (secondary N) is 2. The number of nitrogens with zero attached hydrogens (tertiary/aromatic N) is 1. The van der Waals surface area contributed by atoms with Gasteiger partial charge in [0.15, 0.2) is 0 Å². The Morgan fingerprint density at radius 3 is 2.71 bits per heavy atom. The zero-order valence-corrected chi connectivity index (χ0v) is 15.9. The minimum atomic E-state index is -0.312. The summed E-state index contributed by atoms with van der Waals surface area (Å²) in [7, 11) is 0. The molecular formula is C20H20FN3O3S. The summed E-state index contributed by atoms with van der Waals surface area (Å²) in [5.41, 5.74) is 1.92. The van der Waals surface area contributed by atoms with Gasteiger partial charge in [-0.2, -0.15) is 0 Å². The minimum Gasteiger partial charge on any atom is -0.379 e. The first-order valence-corrected chi connectivity index (χ1v) is 9.94. The molecule has 28 heavy (non-hydrogen) atoms. The van der Waals surface area contributed by atoms with Gasteiger partial charge in [0.25, 0.3) is 11.8 Å². The average Bonchev–Trinajstić information content (AvgIpc) is 2.73. The number of hydrogen-bond acceptors (Lipinski definition) is 5. The Kier molecular flexibility index (Phi) is 5.61. The molecule has 0 saturated carbocycles. The lowest BCUT2D eigenvalue weighted by Gasteiger charge is -2.35. The van der Waals surface area contributed by atoms with Crippen molar-refractivity contribution < 1.29 is 18.7 Å². The molecule has 1 fully saturated rings. The molecule has 0 aliphatic carbocycles. The second-order valence-corrected chi connectivity index (χ2v) is 7.75. The first kappa shape index (κ1) is 18.9. The summed E-state index contributed by atoms with van der Waals surface area (Å²) in [4.78, 5) is 28.0. The molecule has 8 heteroatoms. The number of fused-ring (bicyclic) bond motifs is 1. The summed E-state index contributed by atoms with van der Waals surface area (Å²) in [5, 5.41) is 5.45. The van der Waals surface area contributed by atoms with Crippen molar-refractivity contribution >= 4 is 29.3 Å². The third kappa shape index (κ3) is 4.19. The van der Waals surface area contributed by atoms with Gasteiger partial charge >= 0.3 is 0 Å². The van der Waals surface area contributed by atoms with Gasteiger partial charge in [-0.25, -0.2) is 4.39 Å². The van der Waals surface area contributed by atoms with Crippen molar-refractivity contribution in [2.24, 2.45) is 0 Å². The molecule has 2 aromatic carbocycles. The van der Waals surface area contributed by atoms with Gasteiger partial charge in [-0.1, -0.05) is 23.9 Å². The van der Waals surface area contributed by atoms with Crippen LogP contribution in [0.25, 0.3) is 0 Å².